The summed E-state index contributed by atoms with van der Waals surface area (Å²) in [7, 11) is 0. The Morgan fingerprint density at radius 2 is 1.90 bits per heavy atom. The van der Waals surface area contributed by atoms with Gasteiger partial charge in [0.05, 0.1) is 0 Å². The lowest BCUT2D eigenvalue weighted by Gasteiger charge is -2.34. The van der Waals surface area contributed by atoms with Crippen LogP contribution in [-0.2, 0) is 0 Å². The molecule has 0 aromatic heterocycles. The fourth-order valence-corrected chi connectivity index (χ4v) is 3.51. The maximum atomic E-state index is 6.14. The van der Waals surface area contributed by atoms with Gasteiger partial charge in [-0.25, -0.2) is 0 Å². The van der Waals surface area contributed by atoms with Gasteiger partial charge in [0.2, 0.25) is 0 Å². The molecule has 1 aliphatic rings. The van der Waals surface area contributed by atoms with Crippen LogP contribution < -0.4 is 11.1 Å². The molecule has 0 saturated heterocycles. The summed E-state index contributed by atoms with van der Waals surface area (Å²) in [5, 5.41) is 3.77. The lowest BCUT2D eigenvalue weighted by atomic mass is 9.89. The molecule has 0 amide bonds. The number of hydrogen-bond acceptors (Lipinski definition) is 2. The molecule has 1 aliphatic carbocycles. The Morgan fingerprint density at radius 3 is 2.50 bits per heavy atom. The number of nitrogens with one attached hydrogen (secondary N) is 1. The lowest BCUT2D eigenvalue weighted by molar-refractivity contribution is 0.409. The van der Waals surface area contributed by atoms with Crippen LogP contribution in [0.5, 0.6) is 0 Å². The van der Waals surface area contributed by atoms with Gasteiger partial charge in [-0.1, -0.05) is 35.7 Å². The fourth-order valence-electron chi connectivity index (χ4n) is 3.29. The third kappa shape index (κ3) is 3.56. The van der Waals surface area contributed by atoms with Crippen molar-refractivity contribution < 1.29 is 0 Å². The summed E-state index contributed by atoms with van der Waals surface area (Å²) in [5.41, 5.74) is 9.99. The van der Waals surface area contributed by atoms with E-state index in [2.05, 4.69) is 54.2 Å². The number of benzene rings is 1. The van der Waals surface area contributed by atoms with Crippen LogP contribution >= 0.6 is 15.9 Å². The number of nitrogens with two attached hydrogens (primary N) is 1. The van der Waals surface area contributed by atoms with E-state index in [-0.39, 0.29) is 5.54 Å². The van der Waals surface area contributed by atoms with Gasteiger partial charge in [0.25, 0.3) is 0 Å². The highest BCUT2D eigenvalue weighted by molar-refractivity contribution is 9.10. The molecular weight excluding hydrogens is 312 g/mol. The first-order valence-corrected chi connectivity index (χ1v) is 8.50. The van der Waals surface area contributed by atoms with Crippen molar-refractivity contribution in [3.05, 3.63) is 27.7 Å². The summed E-state index contributed by atoms with van der Waals surface area (Å²) in [5.74, 6) is 0.832. The quantitative estimate of drug-likeness (QED) is 0.778. The van der Waals surface area contributed by atoms with Gasteiger partial charge in [0, 0.05) is 22.2 Å². The monoisotopic (exact) mass is 338 g/mol. The lowest BCUT2D eigenvalue weighted by Crippen LogP contribution is -2.45. The van der Waals surface area contributed by atoms with Crippen molar-refractivity contribution in [2.45, 2.75) is 58.4 Å². The third-order valence-electron chi connectivity index (χ3n) is 4.70. The molecule has 3 N–H and O–H groups in total. The molecule has 0 radical (unpaired) electrons. The predicted octanol–water partition coefficient (Wildman–Crippen LogP) is 4.78. The Balaban J connectivity index is 2.21. The first-order valence-electron chi connectivity index (χ1n) is 7.71. The molecule has 1 aromatic carbocycles. The first kappa shape index (κ1) is 15.8. The molecule has 0 heterocycles. The highest BCUT2D eigenvalue weighted by Crippen LogP contribution is 2.34. The average molecular weight is 339 g/mol. The molecule has 3 heteroatoms. The normalized spacial score (nSPS) is 27.1. The number of hydrogen-bond donors (Lipinski definition) is 2. The molecule has 0 bridgehead atoms. The first-order chi connectivity index (χ1) is 9.46. The highest BCUT2D eigenvalue weighted by Gasteiger charge is 2.31. The standard InChI is InChI=1S/C17H27BrN2/c1-12-5-4-7-17(11-19,8-6-12)20-15-9-13(2)16(18)14(3)10-15/h9-10,12,20H,4-8,11,19H2,1-3H3. The summed E-state index contributed by atoms with van der Waals surface area (Å²) in [4.78, 5) is 0. The fraction of sp³-hybridized carbons (Fsp3) is 0.647. The second kappa shape index (κ2) is 6.48. The Morgan fingerprint density at radius 1 is 1.25 bits per heavy atom. The van der Waals surface area contributed by atoms with Crippen molar-refractivity contribution in [2.75, 3.05) is 11.9 Å². The van der Waals surface area contributed by atoms with Crippen molar-refractivity contribution >= 4 is 21.6 Å². The van der Waals surface area contributed by atoms with Crippen LogP contribution in [0.4, 0.5) is 5.69 Å². The molecule has 1 fully saturated rings. The zero-order valence-corrected chi connectivity index (χ0v) is 14.5. The predicted molar refractivity (Wildman–Crippen MR) is 91.3 cm³/mol. The minimum atomic E-state index is 0.0808. The van der Waals surface area contributed by atoms with Crippen molar-refractivity contribution in [3.63, 3.8) is 0 Å². The van der Waals surface area contributed by atoms with Gasteiger partial charge in [-0.3, -0.25) is 0 Å². The van der Waals surface area contributed by atoms with Crippen molar-refractivity contribution in [1.82, 2.24) is 0 Å². The van der Waals surface area contributed by atoms with Crippen LogP contribution in [0.1, 0.15) is 50.2 Å². The van der Waals surface area contributed by atoms with E-state index in [4.69, 9.17) is 5.73 Å². The van der Waals surface area contributed by atoms with E-state index in [0.717, 1.165) is 5.92 Å². The zero-order valence-electron chi connectivity index (χ0n) is 12.9. The molecule has 2 nitrogen and oxygen atoms in total. The molecular formula is C17H27BrN2. The van der Waals surface area contributed by atoms with E-state index < -0.39 is 0 Å². The van der Waals surface area contributed by atoms with E-state index in [1.54, 1.807) is 0 Å². The Kier molecular flexibility index (Phi) is 5.14. The molecule has 2 rings (SSSR count). The summed E-state index contributed by atoms with van der Waals surface area (Å²) in [6.07, 6.45) is 6.25. The largest absolute Gasteiger partial charge is 0.378 e. The smallest absolute Gasteiger partial charge is 0.0495 e. The molecule has 0 aliphatic heterocycles. The summed E-state index contributed by atoms with van der Waals surface area (Å²) < 4.78 is 1.21. The van der Waals surface area contributed by atoms with E-state index in [0.29, 0.717) is 6.54 Å². The molecule has 2 atom stereocenters. The number of rotatable bonds is 3. The Bertz CT molecular complexity index is 449. The molecule has 112 valence electrons. The van der Waals surface area contributed by atoms with Gasteiger partial charge in [0.1, 0.15) is 0 Å². The van der Waals surface area contributed by atoms with Crippen LogP contribution in [0.25, 0.3) is 0 Å². The minimum absolute atomic E-state index is 0.0808. The summed E-state index contributed by atoms with van der Waals surface area (Å²) in [6.45, 7) is 7.37. The van der Waals surface area contributed by atoms with Crippen molar-refractivity contribution in [2.24, 2.45) is 11.7 Å². The van der Waals surface area contributed by atoms with Crippen molar-refractivity contribution in [1.29, 1.82) is 0 Å². The van der Waals surface area contributed by atoms with Crippen molar-refractivity contribution in [3.8, 4) is 0 Å². The highest BCUT2D eigenvalue weighted by atomic mass is 79.9. The van der Waals surface area contributed by atoms with Gasteiger partial charge in [-0.2, -0.15) is 0 Å². The van der Waals surface area contributed by atoms with E-state index in [1.165, 1.54) is 53.4 Å². The molecule has 2 unspecified atom stereocenters. The maximum absolute atomic E-state index is 6.14. The SMILES string of the molecule is Cc1cc(NC2(CN)CCCC(C)CC2)cc(C)c1Br. The zero-order chi connectivity index (χ0) is 14.8. The molecule has 0 spiro atoms. The van der Waals surface area contributed by atoms with Gasteiger partial charge in [-0.15, -0.1) is 0 Å². The maximum Gasteiger partial charge on any atom is 0.0495 e. The second-order valence-corrected chi connectivity index (χ2v) is 7.36. The average Bonchev–Trinajstić information content (AvgIpc) is 2.59. The summed E-state index contributed by atoms with van der Waals surface area (Å²) >= 11 is 3.64. The van der Waals surface area contributed by atoms with E-state index in [9.17, 15) is 0 Å². The van der Waals surface area contributed by atoms with E-state index >= 15 is 0 Å². The Hall–Kier alpha value is -0.540. The van der Waals surface area contributed by atoms with E-state index in [1.807, 2.05) is 0 Å². The van der Waals surface area contributed by atoms with Crippen LogP contribution in [0.2, 0.25) is 0 Å². The second-order valence-electron chi connectivity index (χ2n) is 6.57. The molecule has 1 aromatic rings. The number of anilines is 1. The molecule has 20 heavy (non-hydrogen) atoms. The van der Waals surface area contributed by atoms with Crippen LogP contribution in [0.3, 0.4) is 0 Å². The third-order valence-corrected chi connectivity index (χ3v) is 5.96. The topological polar surface area (TPSA) is 38.0 Å². The summed E-state index contributed by atoms with van der Waals surface area (Å²) in [6, 6.07) is 4.45. The number of halogens is 1. The van der Waals surface area contributed by atoms with Crippen LogP contribution in [0.15, 0.2) is 16.6 Å². The van der Waals surface area contributed by atoms with Crippen LogP contribution in [0, 0.1) is 19.8 Å². The number of aryl methyl sites for hydroxylation is 2. The van der Waals surface area contributed by atoms with Crippen LogP contribution in [-0.4, -0.2) is 12.1 Å². The van der Waals surface area contributed by atoms with Gasteiger partial charge in [0.15, 0.2) is 0 Å². The Labute approximate surface area is 131 Å². The van der Waals surface area contributed by atoms with Gasteiger partial charge >= 0.3 is 0 Å². The van der Waals surface area contributed by atoms with Gasteiger partial charge in [-0.05, 0) is 62.3 Å². The minimum Gasteiger partial charge on any atom is -0.378 e. The van der Waals surface area contributed by atoms with Gasteiger partial charge < -0.3 is 11.1 Å². The molecule has 1 saturated carbocycles.